The van der Waals surface area contributed by atoms with Crippen LogP contribution in [0.4, 0.5) is 17.2 Å². The van der Waals surface area contributed by atoms with Crippen molar-refractivity contribution in [1.82, 2.24) is 25.3 Å². The topological polar surface area (TPSA) is 135 Å². The van der Waals surface area contributed by atoms with Crippen LogP contribution in [-0.4, -0.2) is 80.8 Å². The highest BCUT2D eigenvalue weighted by molar-refractivity contribution is 6.60. The minimum atomic E-state index is -1.95. The van der Waals surface area contributed by atoms with Crippen molar-refractivity contribution in [2.24, 2.45) is 5.92 Å². The molecule has 2 amide bonds. The predicted octanol–water partition coefficient (Wildman–Crippen LogP) is 1.67. The second kappa shape index (κ2) is 11.1. The lowest BCUT2D eigenvalue weighted by Gasteiger charge is -2.23. The van der Waals surface area contributed by atoms with Gasteiger partial charge in [0, 0.05) is 18.2 Å². The predicted molar refractivity (Wildman–Crippen MR) is 147 cm³/mol. The molecule has 3 aromatic rings. The third-order valence-electron chi connectivity index (χ3n) is 6.43. The first kappa shape index (κ1) is 26.8. The molecule has 2 fully saturated rings. The number of carbonyl (C=O) groups is 2. The first-order valence-electron chi connectivity index (χ1n) is 12.7. The number of hydrogen-bond acceptors (Lipinski definition) is 9. The molecular formula is C25H26B3N7O4. The van der Waals surface area contributed by atoms with E-state index in [1.54, 1.807) is 18.2 Å². The molecule has 3 heterocycles. The second-order valence-corrected chi connectivity index (χ2v) is 9.78. The van der Waals surface area contributed by atoms with Gasteiger partial charge in [-0.1, -0.05) is 16.5 Å². The van der Waals surface area contributed by atoms with E-state index in [0.717, 1.165) is 38.8 Å². The number of rotatable bonds is 10. The molecule has 0 bridgehead atoms. The number of carbonyl (C=O) groups excluding carboxylic acids is 2. The van der Waals surface area contributed by atoms with Gasteiger partial charge >= 0.3 is 0 Å². The summed E-state index contributed by atoms with van der Waals surface area (Å²) < 4.78 is 11.3. The molecule has 0 spiro atoms. The van der Waals surface area contributed by atoms with Crippen LogP contribution in [0.15, 0.2) is 35.0 Å². The molecule has 11 nitrogen and oxygen atoms in total. The molecule has 1 saturated heterocycles. The lowest BCUT2D eigenvalue weighted by Crippen LogP contribution is -2.50. The molecule has 0 unspecified atom stereocenters. The number of anilines is 3. The summed E-state index contributed by atoms with van der Waals surface area (Å²) in [5.41, 5.74) is 1.44. The van der Waals surface area contributed by atoms with E-state index in [9.17, 15) is 9.59 Å². The van der Waals surface area contributed by atoms with Gasteiger partial charge < -0.3 is 25.2 Å². The SMILES string of the molecule is [B]C([B])([B])NC(=O)c1cnc(NC(=O)C2CC2)cc1Nc1cccc(-c2nc(CN3CCCC3)no2)c1OC. The van der Waals surface area contributed by atoms with E-state index in [2.05, 4.69) is 36.0 Å². The summed E-state index contributed by atoms with van der Waals surface area (Å²) in [6.07, 6.45) is 5.29. The van der Waals surface area contributed by atoms with Gasteiger partial charge in [-0.2, -0.15) is 4.98 Å². The Morgan fingerprint density at radius 2 is 1.95 bits per heavy atom. The Hall–Kier alpha value is -3.80. The van der Waals surface area contributed by atoms with Crippen LogP contribution in [0.3, 0.4) is 0 Å². The number of hydrogen-bond donors (Lipinski definition) is 3. The highest BCUT2D eigenvalue weighted by Gasteiger charge is 2.30. The summed E-state index contributed by atoms with van der Waals surface area (Å²) in [7, 11) is 18.2. The maximum atomic E-state index is 12.9. The fourth-order valence-electron chi connectivity index (χ4n) is 4.38. The number of pyridine rings is 1. The zero-order chi connectivity index (χ0) is 27.6. The number of likely N-dealkylation sites (tertiary alicyclic amines) is 1. The summed E-state index contributed by atoms with van der Waals surface area (Å²) in [6, 6.07) is 6.87. The maximum absolute atomic E-state index is 12.9. The number of methoxy groups -OCH3 is 1. The fourth-order valence-corrected chi connectivity index (χ4v) is 4.38. The molecular weight excluding hydrogens is 495 g/mol. The number of amides is 2. The molecule has 2 aliphatic rings. The zero-order valence-electron chi connectivity index (χ0n) is 21.6. The van der Waals surface area contributed by atoms with E-state index in [0.29, 0.717) is 40.9 Å². The first-order chi connectivity index (χ1) is 18.7. The van der Waals surface area contributed by atoms with Crippen molar-refractivity contribution in [3.05, 3.63) is 41.9 Å². The van der Waals surface area contributed by atoms with Gasteiger partial charge in [0.1, 0.15) is 5.82 Å². The van der Waals surface area contributed by atoms with Crippen molar-refractivity contribution in [3.63, 3.8) is 0 Å². The number of benzene rings is 1. The van der Waals surface area contributed by atoms with E-state index < -0.39 is 11.1 Å². The molecule has 1 aliphatic carbocycles. The van der Waals surface area contributed by atoms with Gasteiger partial charge in [-0.05, 0) is 50.9 Å². The lowest BCUT2D eigenvalue weighted by molar-refractivity contribution is -0.117. The molecule has 2 aromatic heterocycles. The molecule has 0 atom stereocenters. The number of ether oxygens (including phenoxy) is 1. The first-order valence-corrected chi connectivity index (χ1v) is 12.7. The summed E-state index contributed by atoms with van der Waals surface area (Å²) in [5, 5.41) is 10.5. The molecule has 6 radical (unpaired) electrons. The number of nitrogens with one attached hydrogen (secondary N) is 3. The van der Waals surface area contributed by atoms with Crippen molar-refractivity contribution in [3.8, 4) is 17.2 Å². The van der Waals surface area contributed by atoms with Gasteiger partial charge in [0.05, 0.1) is 59.7 Å². The summed E-state index contributed by atoms with van der Waals surface area (Å²) >= 11 is 0. The normalized spacial score (nSPS) is 15.6. The molecule has 3 N–H and O–H groups in total. The Morgan fingerprint density at radius 3 is 2.64 bits per heavy atom. The van der Waals surface area contributed by atoms with Gasteiger partial charge in [0.25, 0.3) is 11.8 Å². The molecule has 14 heteroatoms. The average Bonchev–Trinajstić information content (AvgIpc) is 3.43. The van der Waals surface area contributed by atoms with Crippen LogP contribution in [0.2, 0.25) is 0 Å². The van der Waals surface area contributed by atoms with Gasteiger partial charge in [0.2, 0.25) is 5.91 Å². The van der Waals surface area contributed by atoms with Crippen LogP contribution in [0.5, 0.6) is 5.75 Å². The minimum absolute atomic E-state index is 0.0277. The van der Waals surface area contributed by atoms with Crippen LogP contribution in [-0.2, 0) is 11.3 Å². The van der Waals surface area contributed by atoms with Gasteiger partial charge in [-0.15, -0.1) is 0 Å². The Labute approximate surface area is 230 Å². The highest BCUT2D eigenvalue weighted by Crippen LogP contribution is 2.38. The van der Waals surface area contributed by atoms with E-state index in [4.69, 9.17) is 32.8 Å². The molecule has 1 aromatic carbocycles. The Bertz CT molecular complexity index is 1370. The van der Waals surface area contributed by atoms with Crippen LogP contribution in [0, 0.1) is 5.92 Å². The summed E-state index contributed by atoms with van der Waals surface area (Å²) in [4.78, 5) is 36.3. The minimum Gasteiger partial charge on any atom is -0.494 e. The summed E-state index contributed by atoms with van der Waals surface area (Å²) in [5.74, 6) is 0.738. The van der Waals surface area contributed by atoms with Crippen molar-refractivity contribution < 1.29 is 18.8 Å². The van der Waals surface area contributed by atoms with E-state index in [1.165, 1.54) is 19.4 Å². The number of nitrogens with zero attached hydrogens (tertiary/aromatic N) is 4. The van der Waals surface area contributed by atoms with Gasteiger partial charge in [0.15, 0.2) is 11.6 Å². The maximum Gasteiger partial charge on any atom is 0.261 e. The lowest BCUT2D eigenvalue weighted by atomic mass is 9.49. The van der Waals surface area contributed by atoms with E-state index in [-0.39, 0.29) is 23.2 Å². The Balaban J connectivity index is 1.45. The van der Waals surface area contributed by atoms with Crippen LogP contribution in [0.25, 0.3) is 11.5 Å². The second-order valence-electron chi connectivity index (χ2n) is 9.78. The smallest absolute Gasteiger partial charge is 0.261 e. The van der Waals surface area contributed by atoms with Crippen molar-refractivity contribution in [2.45, 2.75) is 37.5 Å². The Kier molecular flexibility index (Phi) is 7.65. The Morgan fingerprint density at radius 1 is 1.18 bits per heavy atom. The average molecular weight is 521 g/mol. The van der Waals surface area contributed by atoms with Crippen LogP contribution < -0.4 is 20.7 Å². The van der Waals surface area contributed by atoms with Crippen molar-refractivity contribution >= 4 is 52.5 Å². The standard InChI is InChI=1S/C25H26B3N7O4/c1-38-21-15(24-32-20(34-39-24)13-35-9-2-3-10-35)5-4-6-17(21)30-18-11-19(31-22(36)14-7-8-14)29-12-16(18)23(37)33-25(26,27)28/h4-6,11-12,14H,2-3,7-10,13H2,1H3,(H,33,37)(H2,29,30,31,36). The summed E-state index contributed by atoms with van der Waals surface area (Å²) in [6.45, 7) is 2.63. The van der Waals surface area contributed by atoms with Crippen LogP contribution >= 0.6 is 0 Å². The van der Waals surface area contributed by atoms with Gasteiger partial charge in [-0.3, -0.25) is 14.5 Å². The molecule has 1 saturated carbocycles. The highest BCUT2D eigenvalue weighted by atomic mass is 16.5. The molecule has 194 valence electrons. The van der Waals surface area contributed by atoms with E-state index >= 15 is 0 Å². The molecule has 39 heavy (non-hydrogen) atoms. The van der Waals surface area contributed by atoms with Gasteiger partial charge in [-0.25, -0.2) is 4.98 Å². The quantitative estimate of drug-likeness (QED) is 0.341. The number of aromatic nitrogens is 3. The molecule has 1 aliphatic heterocycles. The van der Waals surface area contributed by atoms with Crippen molar-refractivity contribution in [2.75, 3.05) is 30.8 Å². The van der Waals surface area contributed by atoms with Crippen molar-refractivity contribution in [1.29, 1.82) is 0 Å². The van der Waals surface area contributed by atoms with E-state index in [1.807, 2.05) is 0 Å². The third kappa shape index (κ3) is 6.62. The van der Waals surface area contributed by atoms with Crippen LogP contribution in [0.1, 0.15) is 41.9 Å². The zero-order valence-corrected chi connectivity index (χ0v) is 21.6. The third-order valence-corrected chi connectivity index (χ3v) is 6.43. The monoisotopic (exact) mass is 521 g/mol. The largest absolute Gasteiger partial charge is 0.494 e. The number of para-hydroxylation sites is 1. The fraction of sp³-hybridized carbons (Fsp3) is 0.400. The molecule has 5 rings (SSSR count).